The molecule has 3 N–H and O–H groups in total. The van der Waals surface area contributed by atoms with Gasteiger partial charge in [-0.1, -0.05) is 87.5 Å². The molecule has 8 nitrogen and oxygen atoms in total. The Kier molecular flexibility index (Phi) is 10.4. The molecule has 6 rings (SSSR count). The van der Waals surface area contributed by atoms with Crippen molar-refractivity contribution < 1.29 is 29.3 Å². The number of hydrogen-bond donors (Lipinski definition) is 3. The smallest absolute Gasteiger partial charge is 0.303 e. The molecule has 3 aromatic carbocycles. The highest BCUT2D eigenvalue weighted by atomic mass is 16.7. The average molecular weight is 655 g/mol. The molecule has 8 heteroatoms. The number of nitrogens with zero attached hydrogens (tertiary/aromatic N) is 1. The van der Waals surface area contributed by atoms with E-state index in [1.807, 2.05) is 24.3 Å². The number of carboxylic acids is 1. The highest BCUT2D eigenvalue weighted by molar-refractivity contribution is 5.76. The van der Waals surface area contributed by atoms with Crippen LogP contribution in [0.25, 0.3) is 11.1 Å². The first-order chi connectivity index (χ1) is 23.0. The quantitative estimate of drug-likeness (QED) is 0.190. The van der Waals surface area contributed by atoms with Gasteiger partial charge in [0.25, 0.3) is 0 Å². The van der Waals surface area contributed by atoms with Crippen LogP contribution in [-0.2, 0) is 32.2 Å². The van der Waals surface area contributed by atoms with E-state index in [0.29, 0.717) is 29.8 Å². The lowest BCUT2D eigenvalue weighted by atomic mass is 9.65. The summed E-state index contributed by atoms with van der Waals surface area (Å²) < 4.78 is 13.4. The van der Waals surface area contributed by atoms with Crippen LogP contribution in [0.15, 0.2) is 72.8 Å². The highest BCUT2D eigenvalue weighted by Crippen LogP contribution is 2.53. The van der Waals surface area contributed by atoms with E-state index in [2.05, 4.69) is 79.5 Å². The van der Waals surface area contributed by atoms with Gasteiger partial charge in [0.1, 0.15) is 0 Å². The molecule has 1 saturated carbocycles. The first kappa shape index (κ1) is 34.3. The van der Waals surface area contributed by atoms with Gasteiger partial charge in [-0.05, 0) is 70.4 Å². The second-order valence-electron chi connectivity index (χ2n) is 15.3. The number of amides is 1. The summed E-state index contributed by atoms with van der Waals surface area (Å²) in [5.74, 6) is -1.04. The minimum absolute atomic E-state index is 0.00818. The van der Waals surface area contributed by atoms with Crippen LogP contribution < -0.4 is 5.32 Å². The normalized spacial score (nSPS) is 26.7. The molecule has 0 aromatic heterocycles. The molecule has 1 amide bonds. The minimum Gasteiger partial charge on any atom is -0.481 e. The van der Waals surface area contributed by atoms with Crippen molar-refractivity contribution in [2.45, 2.75) is 103 Å². The predicted molar refractivity (Wildman–Crippen MR) is 185 cm³/mol. The van der Waals surface area contributed by atoms with E-state index in [0.717, 1.165) is 52.9 Å². The van der Waals surface area contributed by atoms with Crippen molar-refractivity contribution >= 4 is 11.9 Å². The fourth-order valence-electron chi connectivity index (χ4n) is 8.47. The van der Waals surface area contributed by atoms with Crippen molar-refractivity contribution in [1.29, 1.82) is 0 Å². The molecule has 2 saturated heterocycles. The van der Waals surface area contributed by atoms with Crippen molar-refractivity contribution in [3.05, 3.63) is 95.1 Å². The zero-order chi connectivity index (χ0) is 33.9. The van der Waals surface area contributed by atoms with Gasteiger partial charge in [-0.3, -0.25) is 14.5 Å². The molecule has 256 valence electrons. The number of carbonyl (C=O) groups excluding carboxylic acids is 1. The fourth-order valence-corrected chi connectivity index (χ4v) is 8.47. The monoisotopic (exact) mass is 654 g/mol. The maximum absolute atomic E-state index is 12.2. The molecule has 2 heterocycles. The number of carbonyl (C=O) groups is 2. The number of aliphatic hydroxyl groups excluding tert-OH is 1. The molecule has 3 fully saturated rings. The Labute approximate surface area is 284 Å². The van der Waals surface area contributed by atoms with Crippen molar-refractivity contribution in [3.63, 3.8) is 0 Å². The topological polar surface area (TPSA) is 108 Å². The van der Waals surface area contributed by atoms with Gasteiger partial charge in [0.05, 0.1) is 18.8 Å². The maximum atomic E-state index is 12.2. The summed E-state index contributed by atoms with van der Waals surface area (Å²) >= 11 is 0. The van der Waals surface area contributed by atoms with E-state index < -0.39 is 12.3 Å². The number of benzene rings is 3. The number of hydrogen-bond acceptors (Lipinski definition) is 6. The zero-order valence-electron chi connectivity index (χ0n) is 28.5. The van der Waals surface area contributed by atoms with Gasteiger partial charge in [-0.15, -0.1) is 0 Å². The molecule has 3 aliphatic rings. The van der Waals surface area contributed by atoms with Crippen LogP contribution in [0.3, 0.4) is 0 Å². The molecule has 48 heavy (non-hydrogen) atoms. The van der Waals surface area contributed by atoms with Crippen molar-refractivity contribution in [1.82, 2.24) is 10.2 Å². The lowest BCUT2D eigenvalue weighted by Gasteiger charge is -2.41. The SMILES string of the molecule is CC1(C)CC2CC(C)(CN2C[C@@H]2C[C@H](c3ccc(CO)cc3)O[C@H](c3ccc(-c4cccc(CNC(=O)CCCC(=O)O)c4)cc3)O2)C1. The summed E-state index contributed by atoms with van der Waals surface area (Å²) in [4.78, 5) is 25.6. The fraction of sp³-hybridized carbons (Fsp3) is 0.500. The molecule has 0 spiro atoms. The third-order valence-electron chi connectivity index (χ3n) is 10.3. The lowest BCUT2D eigenvalue weighted by Crippen LogP contribution is -2.42. The lowest BCUT2D eigenvalue weighted by molar-refractivity contribution is -0.253. The molecule has 2 aliphatic heterocycles. The molecule has 0 radical (unpaired) electrons. The standard InChI is InChI=1S/C40H50N2O6/c1-39(2)20-33-21-40(3,25-39)26-42(33)23-34-19-35(30-12-10-27(24-43)11-13-30)48-38(47-34)31-16-14-29(15-17-31)32-7-4-6-28(18-32)22-41-36(44)8-5-9-37(45)46/h4,6-7,10-18,33-35,38,43H,5,8-9,19-26H2,1-3H3,(H,41,44)(H,45,46)/t33?,34-,35+,38+,40?/m0/s1. The molecule has 2 unspecified atom stereocenters. The van der Waals surface area contributed by atoms with Crippen molar-refractivity contribution in [2.24, 2.45) is 10.8 Å². The number of rotatable bonds is 12. The van der Waals surface area contributed by atoms with E-state index in [4.69, 9.17) is 14.6 Å². The van der Waals surface area contributed by atoms with E-state index in [1.54, 1.807) is 0 Å². The van der Waals surface area contributed by atoms with Gasteiger partial charge >= 0.3 is 5.97 Å². The van der Waals surface area contributed by atoms with Gasteiger partial charge < -0.3 is 25.0 Å². The molecular weight excluding hydrogens is 604 g/mol. The number of carboxylic acid groups (broad SMARTS) is 1. The van der Waals surface area contributed by atoms with Crippen LogP contribution in [-0.4, -0.2) is 52.2 Å². The number of aliphatic carboxylic acids is 1. The van der Waals surface area contributed by atoms with Gasteiger partial charge in [-0.2, -0.15) is 0 Å². The second-order valence-corrected chi connectivity index (χ2v) is 15.3. The van der Waals surface area contributed by atoms with Crippen molar-refractivity contribution in [3.8, 4) is 11.1 Å². The van der Waals surface area contributed by atoms with E-state index >= 15 is 0 Å². The van der Waals surface area contributed by atoms with Gasteiger partial charge in [0.15, 0.2) is 6.29 Å². The van der Waals surface area contributed by atoms with Crippen LogP contribution in [0.2, 0.25) is 0 Å². The second kappa shape index (κ2) is 14.5. The molecule has 3 aromatic rings. The number of ether oxygens (including phenoxy) is 2. The first-order valence-electron chi connectivity index (χ1n) is 17.4. The van der Waals surface area contributed by atoms with E-state index in [1.165, 1.54) is 19.3 Å². The third kappa shape index (κ3) is 8.53. The number of fused-ring (bicyclic) bond motifs is 2. The predicted octanol–water partition coefficient (Wildman–Crippen LogP) is 7.16. The average Bonchev–Trinajstić information content (AvgIpc) is 3.30. The minimum atomic E-state index is -0.890. The first-order valence-corrected chi connectivity index (χ1v) is 17.4. The highest BCUT2D eigenvalue weighted by Gasteiger charge is 2.50. The number of aliphatic hydroxyl groups is 1. The van der Waals surface area contributed by atoms with Crippen LogP contribution in [0.1, 0.15) is 100 Å². The summed E-state index contributed by atoms with van der Waals surface area (Å²) in [5, 5.41) is 21.3. The Hall–Kier alpha value is -3.56. The molecular formula is C40H50N2O6. The van der Waals surface area contributed by atoms with Crippen LogP contribution >= 0.6 is 0 Å². The summed E-state index contributed by atoms with van der Waals surface area (Å²) in [6, 6.07) is 25.1. The zero-order valence-corrected chi connectivity index (χ0v) is 28.5. The Balaban J connectivity index is 1.15. The summed E-state index contributed by atoms with van der Waals surface area (Å²) in [7, 11) is 0. The van der Waals surface area contributed by atoms with E-state index in [-0.39, 0.29) is 37.6 Å². The van der Waals surface area contributed by atoms with Crippen LogP contribution in [0.5, 0.6) is 0 Å². The van der Waals surface area contributed by atoms with Gasteiger partial charge in [-0.25, -0.2) is 0 Å². The molecule has 1 aliphatic carbocycles. The summed E-state index contributed by atoms with van der Waals surface area (Å²) in [6.45, 7) is 9.70. The number of likely N-dealkylation sites (tertiary alicyclic amines) is 1. The van der Waals surface area contributed by atoms with Gasteiger partial charge in [0, 0.05) is 50.5 Å². The molecule has 2 bridgehead atoms. The van der Waals surface area contributed by atoms with Gasteiger partial charge in [0.2, 0.25) is 5.91 Å². The summed E-state index contributed by atoms with van der Waals surface area (Å²) in [6.07, 6.45) is 4.45. The Morgan fingerprint density at radius 3 is 2.38 bits per heavy atom. The Bertz CT molecular complexity index is 1570. The van der Waals surface area contributed by atoms with Crippen LogP contribution in [0, 0.1) is 10.8 Å². The Morgan fingerprint density at radius 1 is 0.896 bits per heavy atom. The number of nitrogens with one attached hydrogen (secondary N) is 1. The van der Waals surface area contributed by atoms with E-state index in [9.17, 15) is 14.7 Å². The molecule has 5 atom stereocenters. The van der Waals surface area contributed by atoms with Crippen LogP contribution in [0.4, 0.5) is 0 Å². The Morgan fingerprint density at radius 2 is 1.65 bits per heavy atom. The third-order valence-corrected chi connectivity index (χ3v) is 10.3. The summed E-state index contributed by atoms with van der Waals surface area (Å²) in [5.41, 5.74) is 6.75. The van der Waals surface area contributed by atoms with Crippen molar-refractivity contribution in [2.75, 3.05) is 13.1 Å². The largest absolute Gasteiger partial charge is 0.481 e. The maximum Gasteiger partial charge on any atom is 0.303 e.